The fraction of sp³-hybridized carbons (Fsp3) is 0.455. The number of nitrogens with zero attached hydrogens (tertiary/aromatic N) is 2. The summed E-state index contributed by atoms with van der Waals surface area (Å²) in [6, 6.07) is 10.7. The first-order valence-electron chi connectivity index (χ1n) is 10.6. The summed E-state index contributed by atoms with van der Waals surface area (Å²) in [5, 5.41) is 20.9. The number of phenols is 1. The predicted molar refractivity (Wildman–Crippen MR) is 124 cm³/mol. The standard InChI is InChI=1S/C22H31N5O3S/c1-2-23-22(25-10-9-24-21(29)17-5-7-18(28)8-6-17)26-16-19(20-4-3-15-31-20)27-11-13-30-14-12-27/h3-8,15,19,28H,2,9-14,16H2,1H3,(H,24,29)(H2,23,25,26). The van der Waals surface area contributed by atoms with Crippen molar-refractivity contribution in [3.8, 4) is 5.75 Å². The number of thiophene rings is 1. The second-order valence-corrected chi connectivity index (χ2v) is 8.11. The first kappa shape index (κ1) is 23.1. The summed E-state index contributed by atoms with van der Waals surface area (Å²) in [5.74, 6) is 0.702. The van der Waals surface area contributed by atoms with Crippen LogP contribution in [0.3, 0.4) is 0 Å². The minimum Gasteiger partial charge on any atom is -0.508 e. The van der Waals surface area contributed by atoms with Crippen LogP contribution in [-0.4, -0.2) is 74.4 Å². The Morgan fingerprint density at radius 1 is 1.16 bits per heavy atom. The van der Waals surface area contributed by atoms with E-state index in [1.165, 1.54) is 17.0 Å². The van der Waals surface area contributed by atoms with Crippen molar-refractivity contribution in [2.24, 2.45) is 4.99 Å². The number of carbonyl (C=O) groups is 1. The molecule has 1 fully saturated rings. The highest BCUT2D eigenvalue weighted by atomic mass is 32.1. The lowest BCUT2D eigenvalue weighted by Gasteiger charge is -2.33. The third-order valence-corrected chi connectivity index (χ3v) is 5.93. The number of phenolic OH excluding ortho intramolecular Hbond substituents is 1. The predicted octanol–water partition coefficient (Wildman–Crippen LogP) is 1.81. The summed E-state index contributed by atoms with van der Waals surface area (Å²) in [5.41, 5.74) is 0.516. The Hall–Kier alpha value is -2.62. The molecule has 0 saturated carbocycles. The average molecular weight is 446 g/mol. The number of morpholine rings is 1. The van der Waals surface area contributed by atoms with Gasteiger partial charge in [-0.15, -0.1) is 11.3 Å². The van der Waals surface area contributed by atoms with Gasteiger partial charge in [0.05, 0.1) is 25.8 Å². The van der Waals surface area contributed by atoms with Gasteiger partial charge in [-0.25, -0.2) is 0 Å². The fourth-order valence-electron chi connectivity index (χ4n) is 3.35. The zero-order valence-electron chi connectivity index (χ0n) is 17.8. The van der Waals surface area contributed by atoms with Gasteiger partial charge in [-0.3, -0.25) is 14.7 Å². The number of hydrogen-bond acceptors (Lipinski definition) is 6. The number of amides is 1. The van der Waals surface area contributed by atoms with Gasteiger partial charge in [-0.05, 0) is 42.6 Å². The van der Waals surface area contributed by atoms with Gasteiger partial charge in [0.15, 0.2) is 5.96 Å². The maximum atomic E-state index is 12.2. The number of ether oxygens (including phenoxy) is 1. The smallest absolute Gasteiger partial charge is 0.251 e. The molecular formula is C22H31N5O3S. The topological polar surface area (TPSA) is 98.2 Å². The molecule has 3 rings (SSSR count). The van der Waals surface area contributed by atoms with Crippen molar-refractivity contribution < 1.29 is 14.6 Å². The second kappa shape index (κ2) is 12.3. The molecular weight excluding hydrogens is 414 g/mol. The number of nitrogens with one attached hydrogen (secondary N) is 3. The van der Waals surface area contributed by atoms with Crippen LogP contribution in [0.5, 0.6) is 5.75 Å². The molecule has 1 saturated heterocycles. The highest BCUT2D eigenvalue weighted by molar-refractivity contribution is 7.10. The molecule has 1 aromatic heterocycles. The minimum atomic E-state index is -0.172. The highest BCUT2D eigenvalue weighted by Crippen LogP contribution is 2.26. The molecule has 0 aliphatic carbocycles. The molecule has 1 aromatic carbocycles. The molecule has 2 heterocycles. The van der Waals surface area contributed by atoms with Crippen LogP contribution in [0.25, 0.3) is 0 Å². The molecule has 2 aromatic rings. The number of guanidine groups is 1. The zero-order valence-corrected chi connectivity index (χ0v) is 18.7. The van der Waals surface area contributed by atoms with Gasteiger partial charge in [0.25, 0.3) is 5.91 Å². The van der Waals surface area contributed by atoms with Gasteiger partial charge in [0.2, 0.25) is 0 Å². The summed E-state index contributed by atoms with van der Waals surface area (Å²) in [7, 11) is 0. The number of aromatic hydroxyl groups is 1. The summed E-state index contributed by atoms with van der Waals surface area (Å²) in [6.07, 6.45) is 0. The monoisotopic (exact) mass is 445 g/mol. The third-order valence-electron chi connectivity index (χ3n) is 4.96. The summed E-state index contributed by atoms with van der Waals surface area (Å²) in [6.45, 7) is 7.77. The van der Waals surface area contributed by atoms with Crippen LogP contribution in [0.15, 0.2) is 46.8 Å². The van der Waals surface area contributed by atoms with E-state index in [1.807, 2.05) is 6.92 Å². The average Bonchev–Trinajstić information content (AvgIpc) is 3.32. The van der Waals surface area contributed by atoms with E-state index in [1.54, 1.807) is 23.5 Å². The molecule has 31 heavy (non-hydrogen) atoms. The molecule has 1 unspecified atom stereocenters. The van der Waals surface area contributed by atoms with Crippen LogP contribution >= 0.6 is 11.3 Å². The molecule has 1 aliphatic heterocycles. The van der Waals surface area contributed by atoms with E-state index in [0.29, 0.717) is 25.2 Å². The van der Waals surface area contributed by atoms with E-state index < -0.39 is 0 Å². The Balaban J connectivity index is 1.52. The summed E-state index contributed by atoms with van der Waals surface area (Å²) >= 11 is 1.76. The van der Waals surface area contributed by atoms with Crippen LogP contribution in [-0.2, 0) is 4.74 Å². The van der Waals surface area contributed by atoms with E-state index in [0.717, 1.165) is 38.8 Å². The molecule has 4 N–H and O–H groups in total. The van der Waals surface area contributed by atoms with E-state index in [-0.39, 0.29) is 17.7 Å². The van der Waals surface area contributed by atoms with Crippen molar-refractivity contribution in [2.75, 3.05) is 52.5 Å². The lowest BCUT2D eigenvalue weighted by molar-refractivity contribution is 0.0186. The molecule has 8 nitrogen and oxygen atoms in total. The van der Waals surface area contributed by atoms with E-state index in [9.17, 15) is 9.90 Å². The van der Waals surface area contributed by atoms with Crippen LogP contribution < -0.4 is 16.0 Å². The van der Waals surface area contributed by atoms with Gasteiger partial charge < -0.3 is 25.8 Å². The van der Waals surface area contributed by atoms with Gasteiger partial charge in [-0.1, -0.05) is 6.07 Å². The normalized spacial score (nSPS) is 16.0. The van der Waals surface area contributed by atoms with Crippen molar-refractivity contribution in [3.05, 3.63) is 52.2 Å². The molecule has 1 atom stereocenters. The van der Waals surface area contributed by atoms with Gasteiger partial charge in [0.1, 0.15) is 5.75 Å². The summed E-state index contributed by atoms with van der Waals surface area (Å²) < 4.78 is 5.51. The summed E-state index contributed by atoms with van der Waals surface area (Å²) in [4.78, 5) is 20.7. The maximum Gasteiger partial charge on any atom is 0.251 e. The van der Waals surface area contributed by atoms with Crippen molar-refractivity contribution in [1.82, 2.24) is 20.9 Å². The molecule has 0 spiro atoms. The number of rotatable bonds is 9. The number of carbonyl (C=O) groups excluding carboxylic acids is 1. The number of hydrogen-bond donors (Lipinski definition) is 4. The Bertz CT molecular complexity index is 820. The molecule has 1 aliphatic rings. The van der Waals surface area contributed by atoms with Gasteiger partial charge in [0, 0.05) is 43.2 Å². The Labute approximate surface area is 187 Å². The second-order valence-electron chi connectivity index (χ2n) is 7.13. The first-order chi connectivity index (χ1) is 15.2. The van der Waals surface area contributed by atoms with Crippen LogP contribution in [0.4, 0.5) is 0 Å². The SMILES string of the molecule is CCNC(=NCC(c1cccs1)N1CCOCC1)NCCNC(=O)c1ccc(O)cc1. The van der Waals surface area contributed by atoms with E-state index >= 15 is 0 Å². The molecule has 168 valence electrons. The molecule has 1 amide bonds. The van der Waals surface area contributed by atoms with Crippen molar-refractivity contribution in [3.63, 3.8) is 0 Å². The largest absolute Gasteiger partial charge is 0.508 e. The fourth-order valence-corrected chi connectivity index (χ4v) is 4.20. The zero-order chi connectivity index (χ0) is 21.9. The molecule has 9 heteroatoms. The van der Waals surface area contributed by atoms with Crippen LogP contribution in [0, 0.1) is 0 Å². The first-order valence-corrected chi connectivity index (χ1v) is 11.5. The quantitative estimate of drug-likeness (QED) is 0.267. The Morgan fingerprint density at radius 3 is 2.58 bits per heavy atom. The van der Waals surface area contributed by atoms with E-state index in [4.69, 9.17) is 9.73 Å². The number of aliphatic imine (C=N–C) groups is 1. The lowest BCUT2D eigenvalue weighted by atomic mass is 10.2. The molecule has 0 bridgehead atoms. The number of benzene rings is 1. The van der Waals surface area contributed by atoms with Crippen molar-refractivity contribution in [2.45, 2.75) is 13.0 Å². The van der Waals surface area contributed by atoms with Gasteiger partial charge >= 0.3 is 0 Å². The molecule has 0 radical (unpaired) electrons. The minimum absolute atomic E-state index is 0.141. The van der Waals surface area contributed by atoms with Gasteiger partial charge in [-0.2, -0.15) is 0 Å². The van der Waals surface area contributed by atoms with Crippen molar-refractivity contribution in [1.29, 1.82) is 0 Å². The third kappa shape index (κ3) is 7.23. The lowest BCUT2D eigenvalue weighted by Crippen LogP contribution is -2.43. The van der Waals surface area contributed by atoms with Crippen molar-refractivity contribution >= 4 is 23.2 Å². The van der Waals surface area contributed by atoms with Crippen LogP contribution in [0.1, 0.15) is 28.2 Å². The highest BCUT2D eigenvalue weighted by Gasteiger charge is 2.23. The Kier molecular flexibility index (Phi) is 9.14. The van der Waals surface area contributed by atoms with Crippen LogP contribution in [0.2, 0.25) is 0 Å². The van der Waals surface area contributed by atoms with E-state index in [2.05, 4.69) is 38.4 Å². The maximum absolute atomic E-state index is 12.2. The Morgan fingerprint density at radius 2 is 1.90 bits per heavy atom.